The van der Waals surface area contributed by atoms with E-state index in [4.69, 9.17) is 10.5 Å². The van der Waals surface area contributed by atoms with Crippen LogP contribution in [0.4, 0.5) is 0 Å². The molecule has 0 aromatic heterocycles. The van der Waals surface area contributed by atoms with Gasteiger partial charge in [0.2, 0.25) is 0 Å². The zero-order valence-electron chi connectivity index (χ0n) is 9.60. The van der Waals surface area contributed by atoms with E-state index in [0.717, 1.165) is 32.6 Å². The summed E-state index contributed by atoms with van der Waals surface area (Å²) >= 11 is 0. The normalized spacial score (nSPS) is 16.2. The van der Waals surface area contributed by atoms with Gasteiger partial charge in [0.25, 0.3) is 0 Å². The van der Waals surface area contributed by atoms with Crippen molar-refractivity contribution >= 4 is 0 Å². The van der Waals surface area contributed by atoms with Gasteiger partial charge in [-0.15, -0.1) is 0 Å². The van der Waals surface area contributed by atoms with Gasteiger partial charge in [0, 0.05) is 13.2 Å². The molecular weight excluding hydrogens is 162 g/mol. The van der Waals surface area contributed by atoms with Crippen LogP contribution in [-0.2, 0) is 4.74 Å². The largest absolute Gasteiger partial charge is 0.381 e. The smallest absolute Gasteiger partial charge is 0.0471 e. The van der Waals surface area contributed by atoms with E-state index < -0.39 is 0 Å². The quantitative estimate of drug-likeness (QED) is 0.621. The molecule has 80 valence electrons. The van der Waals surface area contributed by atoms with Crippen LogP contribution in [0.25, 0.3) is 0 Å². The molecule has 2 N–H and O–H groups in total. The molecule has 0 aliphatic rings. The third kappa shape index (κ3) is 4.63. The molecule has 1 unspecified atom stereocenters. The average Bonchev–Trinajstić information content (AvgIpc) is 2.12. The van der Waals surface area contributed by atoms with E-state index in [9.17, 15) is 0 Å². The Labute approximate surface area is 82.8 Å². The van der Waals surface area contributed by atoms with E-state index in [0.29, 0.717) is 5.92 Å². The van der Waals surface area contributed by atoms with Gasteiger partial charge < -0.3 is 10.5 Å². The van der Waals surface area contributed by atoms with Gasteiger partial charge in [-0.25, -0.2) is 0 Å². The molecule has 2 heteroatoms. The van der Waals surface area contributed by atoms with E-state index in [1.165, 1.54) is 0 Å². The minimum Gasteiger partial charge on any atom is -0.381 e. The van der Waals surface area contributed by atoms with E-state index in [2.05, 4.69) is 27.7 Å². The third-order valence-corrected chi connectivity index (χ3v) is 3.03. The van der Waals surface area contributed by atoms with Gasteiger partial charge in [0.05, 0.1) is 0 Å². The van der Waals surface area contributed by atoms with Crippen molar-refractivity contribution in [1.82, 2.24) is 0 Å². The Morgan fingerprint density at radius 2 is 1.92 bits per heavy atom. The molecule has 0 aromatic carbocycles. The molecule has 0 spiro atoms. The fourth-order valence-electron chi connectivity index (χ4n) is 1.18. The highest BCUT2D eigenvalue weighted by Crippen LogP contribution is 2.29. The SMILES string of the molecule is CCCOCCC(C)(CN)C(C)C. The second-order valence-electron chi connectivity index (χ2n) is 4.38. The molecule has 0 rings (SSSR count). The predicted octanol–water partition coefficient (Wildman–Crippen LogP) is 2.42. The fraction of sp³-hybridized carbons (Fsp3) is 1.00. The Kier molecular flexibility index (Phi) is 6.35. The van der Waals surface area contributed by atoms with Crippen LogP contribution in [0.2, 0.25) is 0 Å². The number of nitrogens with two attached hydrogens (primary N) is 1. The molecule has 0 saturated heterocycles. The summed E-state index contributed by atoms with van der Waals surface area (Å²) in [6, 6.07) is 0. The van der Waals surface area contributed by atoms with E-state index in [1.54, 1.807) is 0 Å². The summed E-state index contributed by atoms with van der Waals surface area (Å²) in [5.74, 6) is 0.628. The molecule has 1 atom stereocenters. The molecule has 13 heavy (non-hydrogen) atoms. The molecule has 0 bridgehead atoms. The second-order valence-corrected chi connectivity index (χ2v) is 4.38. The van der Waals surface area contributed by atoms with Gasteiger partial charge in [-0.3, -0.25) is 0 Å². The van der Waals surface area contributed by atoms with Crippen molar-refractivity contribution in [2.24, 2.45) is 17.1 Å². The van der Waals surface area contributed by atoms with Crippen molar-refractivity contribution < 1.29 is 4.74 Å². The Morgan fingerprint density at radius 3 is 2.31 bits per heavy atom. The maximum atomic E-state index is 5.77. The molecular formula is C11H25NO. The maximum Gasteiger partial charge on any atom is 0.0471 e. The molecule has 0 radical (unpaired) electrons. The van der Waals surface area contributed by atoms with Gasteiger partial charge >= 0.3 is 0 Å². The fourth-order valence-corrected chi connectivity index (χ4v) is 1.18. The number of hydrogen-bond acceptors (Lipinski definition) is 2. The van der Waals surface area contributed by atoms with Crippen LogP contribution in [-0.4, -0.2) is 19.8 Å². The van der Waals surface area contributed by atoms with Crippen LogP contribution < -0.4 is 5.73 Å². The van der Waals surface area contributed by atoms with Gasteiger partial charge in [-0.2, -0.15) is 0 Å². The molecule has 0 amide bonds. The lowest BCUT2D eigenvalue weighted by atomic mass is 9.77. The zero-order valence-corrected chi connectivity index (χ0v) is 9.60. The second kappa shape index (κ2) is 6.39. The van der Waals surface area contributed by atoms with Gasteiger partial charge in [-0.1, -0.05) is 27.7 Å². The number of rotatable bonds is 7. The number of hydrogen-bond donors (Lipinski definition) is 1. The first-order valence-electron chi connectivity index (χ1n) is 5.34. The first-order chi connectivity index (χ1) is 6.06. The van der Waals surface area contributed by atoms with Crippen molar-refractivity contribution in [3.05, 3.63) is 0 Å². The summed E-state index contributed by atoms with van der Waals surface area (Å²) in [6.07, 6.45) is 2.17. The van der Waals surface area contributed by atoms with Crippen LogP contribution in [0, 0.1) is 11.3 Å². The minimum atomic E-state index is 0.244. The molecule has 2 nitrogen and oxygen atoms in total. The maximum absolute atomic E-state index is 5.77. The lowest BCUT2D eigenvalue weighted by molar-refractivity contribution is 0.0838. The molecule has 0 aliphatic carbocycles. The lowest BCUT2D eigenvalue weighted by Crippen LogP contribution is -2.33. The van der Waals surface area contributed by atoms with Crippen molar-refractivity contribution in [2.45, 2.75) is 40.5 Å². The lowest BCUT2D eigenvalue weighted by Gasteiger charge is -2.32. The highest BCUT2D eigenvalue weighted by Gasteiger charge is 2.25. The first-order valence-corrected chi connectivity index (χ1v) is 5.34. The Hall–Kier alpha value is -0.0800. The van der Waals surface area contributed by atoms with Crippen LogP contribution in [0.5, 0.6) is 0 Å². The molecule has 0 heterocycles. The van der Waals surface area contributed by atoms with Crippen LogP contribution >= 0.6 is 0 Å². The highest BCUT2D eigenvalue weighted by atomic mass is 16.5. The molecule has 0 aliphatic heterocycles. The predicted molar refractivity (Wildman–Crippen MR) is 57.7 cm³/mol. The Morgan fingerprint density at radius 1 is 1.31 bits per heavy atom. The van der Waals surface area contributed by atoms with Gasteiger partial charge in [0.1, 0.15) is 0 Å². The summed E-state index contributed by atoms with van der Waals surface area (Å²) in [5.41, 5.74) is 6.01. The summed E-state index contributed by atoms with van der Waals surface area (Å²) in [5, 5.41) is 0. The molecule has 0 fully saturated rings. The third-order valence-electron chi connectivity index (χ3n) is 3.03. The zero-order chi connectivity index (χ0) is 10.3. The van der Waals surface area contributed by atoms with Crippen molar-refractivity contribution in [2.75, 3.05) is 19.8 Å². The molecule has 0 aromatic rings. The minimum absolute atomic E-state index is 0.244. The van der Waals surface area contributed by atoms with Crippen LogP contribution in [0.1, 0.15) is 40.5 Å². The van der Waals surface area contributed by atoms with Crippen molar-refractivity contribution in [3.8, 4) is 0 Å². The van der Waals surface area contributed by atoms with Gasteiger partial charge in [0.15, 0.2) is 0 Å². The standard InChI is InChI=1S/C11H25NO/c1-5-7-13-8-6-11(4,9-12)10(2)3/h10H,5-9,12H2,1-4H3. The number of ether oxygens (including phenoxy) is 1. The monoisotopic (exact) mass is 187 g/mol. The van der Waals surface area contributed by atoms with Crippen LogP contribution in [0.3, 0.4) is 0 Å². The summed E-state index contributed by atoms with van der Waals surface area (Å²) in [6.45, 7) is 11.3. The summed E-state index contributed by atoms with van der Waals surface area (Å²) in [4.78, 5) is 0. The summed E-state index contributed by atoms with van der Waals surface area (Å²) < 4.78 is 5.47. The highest BCUT2D eigenvalue weighted by molar-refractivity contribution is 4.78. The first kappa shape index (κ1) is 12.9. The van der Waals surface area contributed by atoms with Crippen molar-refractivity contribution in [3.63, 3.8) is 0 Å². The topological polar surface area (TPSA) is 35.2 Å². The van der Waals surface area contributed by atoms with Crippen molar-refractivity contribution in [1.29, 1.82) is 0 Å². The van der Waals surface area contributed by atoms with E-state index in [-0.39, 0.29) is 5.41 Å². The average molecular weight is 187 g/mol. The Balaban J connectivity index is 3.71. The van der Waals surface area contributed by atoms with E-state index in [1.807, 2.05) is 0 Å². The van der Waals surface area contributed by atoms with E-state index >= 15 is 0 Å². The van der Waals surface area contributed by atoms with Gasteiger partial charge in [-0.05, 0) is 30.7 Å². The molecule has 0 saturated carbocycles. The summed E-state index contributed by atoms with van der Waals surface area (Å²) in [7, 11) is 0. The van der Waals surface area contributed by atoms with Crippen LogP contribution in [0.15, 0.2) is 0 Å². The Bertz CT molecular complexity index is 125.